The summed E-state index contributed by atoms with van der Waals surface area (Å²) in [6.07, 6.45) is -0.0510. The van der Waals surface area contributed by atoms with Gasteiger partial charge in [0.05, 0.1) is 19.3 Å². The number of carbonyl (C=O) groups is 3. The van der Waals surface area contributed by atoms with Crippen molar-refractivity contribution in [3.8, 4) is 5.75 Å². The van der Waals surface area contributed by atoms with Gasteiger partial charge in [0.2, 0.25) is 12.3 Å². The number of carbonyl (C=O) groups excluding carboxylic acids is 3. The highest BCUT2D eigenvalue weighted by molar-refractivity contribution is 5.96. The Labute approximate surface area is 157 Å². The number of hydrogen-bond donors (Lipinski definition) is 2. The van der Waals surface area contributed by atoms with Crippen LogP contribution in [0.15, 0.2) is 18.2 Å². The number of nitrogens with zero attached hydrogens (tertiary/aromatic N) is 3. The quantitative estimate of drug-likeness (QED) is 0.652. The first-order valence-electron chi connectivity index (χ1n) is 8.91. The first-order chi connectivity index (χ1) is 13.0. The van der Waals surface area contributed by atoms with E-state index in [1.165, 1.54) is 7.11 Å². The molecule has 2 N–H and O–H groups in total. The van der Waals surface area contributed by atoms with Crippen LogP contribution < -0.4 is 15.0 Å². The van der Waals surface area contributed by atoms with Crippen molar-refractivity contribution in [2.45, 2.75) is 12.8 Å². The fourth-order valence-electron chi connectivity index (χ4n) is 3.36. The van der Waals surface area contributed by atoms with E-state index in [1.807, 2.05) is 4.90 Å². The predicted octanol–water partition coefficient (Wildman–Crippen LogP) is -0.746. The van der Waals surface area contributed by atoms with Crippen LogP contribution in [-0.4, -0.2) is 85.7 Å². The number of anilines is 1. The number of aliphatic hydroxyl groups is 1. The number of methoxy groups -OCH3 is 1. The minimum atomic E-state index is -1.17. The summed E-state index contributed by atoms with van der Waals surface area (Å²) in [5, 5.41) is 12.6. The van der Waals surface area contributed by atoms with Gasteiger partial charge < -0.3 is 29.8 Å². The summed E-state index contributed by atoms with van der Waals surface area (Å²) in [7, 11) is 1.52. The van der Waals surface area contributed by atoms with Crippen molar-refractivity contribution in [3.63, 3.8) is 0 Å². The van der Waals surface area contributed by atoms with Crippen molar-refractivity contribution in [2.75, 3.05) is 51.3 Å². The molecule has 0 saturated carbocycles. The molecule has 2 aliphatic heterocycles. The second kappa shape index (κ2) is 8.36. The molecule has 1 aromatic carbocycles. The molecule has 1 atom stereocenters. The van der Waals surface area contributed by atoms with Crippen LogP contribution in [0.2, 0.25) is 0 Å². The second-order valence-corrected chi connectivity index (χ2v) is 6.53. The number of rotatable bonds is 5. The van der Waals surface area contributed by atoms with Crippen molar-refractivity contribution < 1.29 is 24.2 Å². The zero-order chi connectivity index (χ0) is 19.4. The molecule has 2 heterocycles. The van der Waals surface area contributed by atoms with Crippen molar-refractivity contribution in [1.82, 2.24) is 15.1 Å². The lowest BCUT2D eigenvalue weighted by Gasteiger charge is -2.36. The van der Waals surface area contributed by atoms with Crippen LogP contribution in [0.3, 0.4) is 0 Å². The lowest BCUT2D eigenvalue weighted by atomic mass is 10.1. The molecule has 0 spiro atoms. The molecule has 2 aliphatic rings. The molecule has 0 aliphatic carbocycles. The van der Waals surface area contributed by atoms with Crippen LogP contribution in [-0.2, 0) is 9.59 Å². The molecule has 9 heteroatoms. The number of aldehydes is 1. The molecule has 2 amide bonds. The Morgan fingerprint density at radius 1 is 1.30 bits per heavy atom. The highest BCUT2D eigenvalue weighted by Gasteiger charge is 2.28. The Bertz CT molecular complexity index is 718. The summed E-state index contributed by atoms with van der Waals surface area (Å²) >= 11 is 0. The van der Waals surface area contributed by atoms with Crippen molar-refractivity contribution in [1.29, 1.82) is 0 Å². The Balaban J connectivity index is 1.77. The third-order valence-corrected chi connectivity index (χ3v) is 4.89. The number of ether oxygens (including phenoxy) is 1. The predicted molar refractivity (Wildman–Crippen MR) is 97.5 cm³/mol. The number of piperazine rings is 1. The molecular weight excluding hydrogens is 352 g/mol. The van der Waals surface area contributed by atoms with E-state index in [-0.39, 0.29) is 18.2 Å². The van der Waals surface area contributed by atoms with Gasteiger partial charge in [0, 0.05) is 44.7 Å². The molecule has 9 nitrogen and oxygen atoms in total. The van der Waals surface area contributed by atoms with Crippen LogP contribution in [0.25, 0.3) is 0 Å². The smallest absolute Gasteiger partial charge is 0.254 e. The standard InChI is InChI=1S/C18H24N4O5/c1-27-15-3-2-13(12-14(15)22-5-4-16(24)19-18(22)26)17(25)21-8-6-20(7-9-21)10-11-23/h2-3,11-12,18,26H,4-10H2,1H3,(H,19,24). The summed E-state index contributed by atoms with van der Waals surface area (Å²) in [4.78, 5) is 40.3. The topological polar surface area (TPSA) is 102 Å². The monoisotopic (exact) mass is 376 g/mol. The zero-order valence-electron chi connectivity index (χ0n) is 15.3. The highest BCUT2D eigenvalue weighted by Crippen LogP contribution is 2.31. The maximum atomic E-state index is 12.9. The fraction of sp³-hybridized carbons (Fsp3) is 0.500. The van der Waals surface area contributed by atoms with Crippen LogP contribution in [0, 0.1) is 0 Å². The Kier molecular flexibility index (Phi) is 5.92. The molecule has 0 radical (unpaired) electrons. The van der Waals surface area contributed by atoms with Gasteiger partial charge in [-0.05, 0) is 18.2 Å². The fourth-order valence-corrected chi connectivity index (χ4v) is 3.36. The number of nitrogens with one attached hydrogen (secondary N) is 1. The number of aliphatic hydroxyl groups excluding tert-OH is 1. The Hall–Kier alpha value is -2.65. The lowest BCUT2D eigenvalue weighted by Crippen LogP contribution is -2.54. The molecule has 27 heavy (non-hydrogen) atoms. The Morgan fingerprint density at radius 3 is 2.67 bits per heavy atom. The first kappa shape index (κ1) is 19.1. The molecule has 2 fully saturated rings. The summed E-state index contributed by atoms with van der Waals surface area (Å²) in [5.41, 5.74) is 1.04. The molecule has 0 aromatic heterocycles. The summed E-state index contributed by atoms with van der Waals surface area (Å²) in [6.45, 7) is 3.13. The van der Waals surface area contributed by atoms with E-state index in [9.17, 15) is 19.5 Å². The van der Waals surface area contributed by atoms with Crippen LogP contribution >= 0.6 is 0 Å². The Morgan fingerprint density at radius 2 is 2.04 bits per heavy atom. The van der Waals surface area contributed by atoms with E-state index < -0.39 is 6.35 Å². The SMILES string of the molecule is COc1ccc(C(=O)N2CCN(CC=O)CC2)cc1N1CCC(=O)NC1O. The van der Waals surface area contributed by atoms with Gasteiger partial charge in [-0.3, -0.25) is 14.5 Å². The van der Waals surface area contributed by atoms with E-state index in [4.69, 9.17) is 4.74 Å². The summed E-state index contributed by atoms with van der Waals surface area (Å²) in [5.74, 6) is 0.177. The van der Waals surface area contributed by atoms with Gasteiger partial charge in [0.15, 0.2) is 0 Å². The number of benzene rings is 1. The lowest BCUT2D eigenvalue weighted by molar-refractivity contribution is -0.125. The third kappa shape index (κ3) is 4.20. The summed E-state index contributed by atoms with van der Waals surface area (Å²) in [6, 6.07) is 5.06. The highest BCUT2D eigenvalue weighted by atomic mass is 16.5. The second-order valence-electron chi connectivity index (χ2n) is 6.53. The van der Waals surface area contributed by atoms with E-state index in [1.54, 1.807) is 28.0 Å². The van der Waals surface area contributed by atoms with Crippen molar-refractivity contribution in [2.24, 2.45) is 0 Å². The van der Waals surface area contributed by atoms with Crippen molar-refractivity contribution in [3.05, 3.63) is 23.8 Å². The van der Waals surface area contributed by atoms with E-state index in [0.29, 0.717) is 56.3 Å². The molecular formula is C18H24N4O5. The third-order valence-electron chi connectivity index (χ3n) is 4.89. The zero-order valence-corrected chi connectivity index (χ0v) is 15.3. The van der Waals surface area contributed by atoms with Gasteiger partial charge in [-0.1, -0.05) is 0 Å². The molecule has 0 bridgehead atoms. The van der Waals surface area contributed by atoms with Crippen LogP contribution in [0.1, 0.15) is 16.8 Å². The molecule has 146 valence electrons. The minimum absolute atomic E-state index is 0.111. The molecule has 2 saturated heterocycles. The van der Waals surface area contributed by atoms with Gasteiger partial charge >= 0.3 is 0 Å². The number of hydrogen-bond acceptors (Lipinski definition) is 7. The van der Waals surface area contributed by atoms with Crippen molar-refractivity contribution >= 4 is 23.8 Å². The van der Waals surface area contributed by atoms with E-state index in [2.05, 4.69) is 5.32 Å². The normalized spacial score (nSPS) is 21.0. The number of amides is 2. The van der Waals surface area contributed by atoms with Gasteiger partial charge in [-0.15, -0.1) is 0 Å². The van der Waals surface area contributed by atoms with E-state index >= 15 is 0 Å². The average Bonchev–Trinajstić information content (AvgIpc) is 2.68. The van der Waals surface area contributed by atoms with Gasteiger partial charge in [0.1, 0.15) is 12.0 Å². The van der Waals surface area contributed by atoms with Gasteiger partial charge in [-0.2, -0.15) is 0 Å². The summed E-state index contributed by atoms with van der Waals surface area (Å²) < 4.78 is 5.36. The average molecular weight is 376 g/mol. The van der Waals surface area contributed by atoms with Gasteiger partial charge in [0.25, 0.3) is 5.91 Å². The first-order valence-corrected chi connectivity index (χ1v) is 8.91. The maximum Gasteiger partial charge on any atom is 0.254 e. The maximum absolute atomic E-state index is 12.9. The van der Waals surface area contributed by atoms with Gasteiger partial charge in [-0.25, -0.2) is 0 Å². The molecule has 1 aromatic rings. The van der Waals surface area contributed by atoms with E-state index in [0.717, 1.165) is 6.29 Å². The van der Waals surface area contributed by atoms with Crippen LogP contribution in [0.5, 0.6) is 5.75 Å². The van der Waals surface area contributed by atoms with Crippen LogP contribution in [0.4, 0.5) is 5.69 Å². The largest absolute Gasteiger partial charge is 0.495 e. The minimum Gasteiger partial charge on any atom is -0.495 e. The molecule has 1 unspecified atom stereocenters. The molecule has 3 rings (SSSR count).